The van der Waals surface area contributed by atoms with Gasteiger partial charge in [-0.05, 0) is 25.2 Å². The van der Waals surface area contributed by atoms with E-state index in [1.165, 1.54) is 6.42 Å². The third-order valence-electron chi connectivity index (χ3n) is 4.27. The molecular weight excluding hydrogens is 199 g/mol. The third kappa shape index (κ3) is 2.03. The first-order valence-corrected chi connectivity index (χ1v) is 5.88. The number of hydrogen-bond acceptors (Lipinski definition) is 2. The van der Waals surface area contributed by atoms with Gasteiger partial charge in [-0.15, -0.1) is 0 Å². The Hall–Kier alpha value is -0.765. The minimum Gasteiger partial charge on any atom is -0.390 e. The molecule has 2 N–H and O–H groups in total. The smallest absolute Gasteiger partial charge is 0.159 e. The SMILES string of the molecule is CC(C)(O)C(C)(C)C1CC1[B]c1cn[nH]c1. The molecule has 87 valence electrons. The van der Waals surface area contributed by atoms with Crippen molar-refractivity contribution in [2.75, 3.05) is 0 Å². The van der Waals surface area contributed by atoms with Crippen LogP contribution in [0.25, 0.3) is 0 Å². The maximum absolute atomic E-state index is 10.2. The molecule has 0 aromatic carbocycles. The van der Waals surface area contributed by atoms with Crippen molar-refractivity contribution in [2.24, 2.45) is 11.3 Å². The molecule has 1 aromatic rings. The summed E-state index contributed by atoms with van der Waals surface area (Å²) in [6.07, 6.45) is 4.92. The van der Waals surface area contributed by atoms with Gasteiger partial charge >= 0.3 is 0 Å². The van der Waals surface area contributed by atoms with Crippen molar-refractivity contribution in [3.05, 3.63) is 12.4 Å². The number of nitrogens with zero attached hydrogens (tertiary/aromatic N) is 1. The number of rotatable bonds is 4. The van der Waals surface area contributed by atoms with E-state index in [-0.39, 0.29) is 5.41 Å². The number of hydrogen-bond donors (Lipinski definition) is 2. The molecule has 2 atom stereocenters. The van der Waals surface area contributed by atoms with Gasteiger partial charge in [0.15, 0.2) is 7.28 Å². The highest BCUT2D eigenvalue weighted by Gasteiger charge is 2.53. The molecule has 4 heteroatoms. The number of H-pyrrole nitrogens is 1. The van der Waals surface area contributed by atoms with Gasteiger partial charge < -0.3 is 5.11 Å². The Labute approximate surface area is 97.9 Å². The molecule has 1 fully saturated rings. The Morgan fingerprint density at radius 3 is 2.62 bits per heavy atom. The van der Waals surface area contributed by atoms with Crippen LogP contribution >= 0.6 is 0 Å². The second kappa shape index (κ2) is 3.62. The van der Waals surface area contributed by atoms with Crippen molar-refractivity contribution in [3.8, 4) is 0 Å². The van der Waals surface area contributed by atoms with E-state index in [1.54, 1.807) is 0 Å². The van der Waals surface area contributed by atoms with E-state index in [4.69, 9.17) is 0 Å². The van der Waals surface area contributed by atoms with Crippen LogP contribution in [0.3, 0.4) is 0 Å². The molecule has 1 heterocycles. The minimum absolute atomic E-state index is 0.0437. The van der Waals surface area contributed by atoms with Crippen LogP contribution in [-0.4, -0.2) is 28.2 Å². The van der Waals surface area contributed by atoms with Gasteiger partial charge in [0.1, 0.15) is 0 Å². The maximum atomic E-state index is 10.2. The monoisotopic (exact) mass is 219 g/mol. The molecule has 0 saturated heterocycles. The highest BCUT2D eigenvalue weighted by atomic mass is 16.3. The van der Waals surface area contributed by atoms with Crippen molar-refractivity contribution in [1.82, 2.24) is 10.2 Å². The van der Waals surface area contributed by atoms with Gasteiger partial charge in [-0.3, -0.25) is 5.10 Å². The number of aromatic amines is 1. The van der Waals surface area contributed by atoms with Crippen LogP contribution in [0.1, 0.15) is 34.1 Å². The Morgan fingerprint density at radius 1 is 1.44 bits per heavy atom. The largest absolute Gasteiger partial charge is 0.390 e. The maximum Gasteiger partial charge on any atom is 0.159 e. The van der Waals surface area contributed by atoms with E-state index in [1.807, 2.05) is 26.2 Å². The lowest BCUT2D eigenvalue weighted by molar-refractivity contribution is -0.0475. The predicted molar refractivity (Wildman–Crippen MR) is 65.9 cm³/mol. The summed E-state index contributed by atoms with van der Waals surface area (Å²) >= 11 is 0. The molecule has 1 aromatic heterocycles. The average Bonchev–Trinajstić information content (AvgIpc) is 2.70. The quantitative estimate of drug-likeness (QED) is 0.751. The highest BCUT2D eigenvalue weighted by molar-refractivity contribution is 6.55. The highest BCUT2D eigenvalue weighted by Crippen LogP contribution is 2.58. The number of nitrogens with one attached hydrogen (secondary N) is 1. The second-order valence-corrected chi connectivity index (χ2v) is 5.99. The number of aliphatic hydroxyl groups is 1. The van der Waals surface area contributed by atoms with E-state index in [9.17, 15) is 5.11 Å². The summed E-state index contributed by atoms with van der Waals surface area (Å²) in [6.45, 7) is 8.11. The van der Waals surface area contributed by atoms with Gasteiger partial charge in [0, 0.05) is 12.4 Å². The molecule has 1 aliphatic rings. The van der Waals surface area contributed by atoms with Gasteiger partial charge in [0.2, 0.25) is 0 Å². The van der Waals surface area contributed by atoms with Crippen LogP contribution in [0.4, 0.5) is 0 Å². The van der Waals surface area contributed by atoms with Crippen molar-refractivity contribution < 1.29 is 5.11 Å². The second-order valence-electron chi connectivity index (χ2n) is 5.99. The lowest BCUT2D eigenvalue weighted by Crippen LogP contribution is -2.41. The van der Waals surface area contributed by atoms with Gasteiger partial charge in [-0.25, -0.2) is 0 Å². The van der Waals surface area contributed by atoms with Crippen molar-refractivity contribution in [3.63, 3.8) is 0 Å². The zero-order chi connectivity index (χ0) is 12.0. The molecule has 1 saturated carbocycles. The van der Waals surface area contributed by atoms with Crippen LogP contribution in [0.2, 0.25) is 5.82 Å². The van der Waals surface area contributed by atoms with Crippen LogP contribution < -0.4 is 5.46 Å². The summed E-state index contributed by atoms with van der Waals surface area (Å²) in [6, 6.07) is 0. The van der Waals surface area contributed by atoms with Crippen LogP contribution in [0.15, 0.2) is 12.4 Å². The summed E-state index contributed by atoms with van der Waals surface area (Å²) < 4.78 is 0. The van der Waals surface area contributed by atoms with E-state index < -0.39 is 5.60 Å². The fourth-order valence-corrected chi connectivity index (χ4v) is 2.28. The van der Waals surface area contributed by atoms with Crippen LogP contribution in [0.5, 0.6) is 0 Å². The number of aromatic nitrogens is 2. The van der Waals surface area contributed by atoms with E-state index in [0.29, 0.717) is 11.7 Å². The minimum atomic E-state index is -0.628. The van der Waals surface area contributed by atoms with Gasteiger partial charge in [0.25, 0.3) is 0 Å². The average molecular weight is 219 g/mol. The van der Waals surface area contributed by atoms with E-state index in [0.717, 1.165) is 5.46 Å². The van der Waals surface area contributed by atoms with Crippen molar-refractivity contribution in [2.45, 2.75) is 45.5 Å². The summed E-state index contributed by atoms with van der Waals surface area (Å²) in [5.74, 6) is 1.15. The lowest BCUT2D eigenvalue weighted by Gasteiger charge is -2.38. The Bertz CT molecular complexity index is 354. The van der Waals surface area contributed by atoms with E-state index in [2.05, 4.69) is 31.3 Å². The van der Waals surface area contributed by atoms with Crippen molar-refractivity contribution >= 4 is 12.7 Å². The molecule has 3 nitrogen and oxygen atoms in total. The molecule has 0 aliphatic heterocycles. The zero-order valence-electron chi connectivity index (χ0n) is 10.5. The fourth-order valence-electron chi connectivity index (χ4n) is 2.28. The molecule has 0 amide bonds. The molecule has 1 radical (unpaired) electrons. The first-order valence-electron chi connectivity index (χ1n) is 5.88. The topological polar surface area (TPSA) is 48.9 Å². The summed E-state index contributed by atoms with van der Waals surface area (Å²) in [4.78, 5) is 0. The molecule has 2 rings (SSSR count). The molecule has 0 bridgehead atoms. The van der Waals surface area contributed by atoms with Gasteiger partial charge in [0.05, 0.1) is 5.60 Å². The molecule has 1 aliphatic carbocycles. The molecule has 16 heavy (non-hydrogen) atoms. The molecule has 2 unspecified atom stereocenters. The van der Waals surface area contributed by atoms with Gasteiger partial charge in [-0.1, -0.05) is 31.5 Å². The zero-order valence-corrected chi connectivity index (χ0v) is 10.5. The van der Waals surface area contributed by atoms with Crippen LogP contribution in [-0.2, 0) is 0 Å². The summed E-state index contributed by atoms with van der Waals surface area (Å²) in [7, 11) is 2.25. The Kier molecular flexibility index (Phi) is 2.65. The lowest BCUT2D eigenvalue weighted by atomic mass is 9.62. The fraction of sp³-hybridized carbons (Fsp3) is 0.750. The van der Waals surface area contributed by atoms with Crippen molar-refractivity contribution in [1.29, 1.82) is 0 Å². The summed E-state index contributed by atoms with van der Waals surface area (Å²) in [5.41, 5.74) is 0.480. The van der Waals surface area contributed by atoms with Gasteiger partial charge in [-0.2, -0.15) is 5.10 Å². The van der Waals surface area contributed by atoms with E-state index >= 15 is 0 Å². The Morgan fingerprint density at radius 2 is 2.12 bits per heavy atom. The summed E-state index contributed by atoms with van der Waals surface area (Å²) in [5, 5.41) is 16.9. The first kappa shape index (κ1) is 11.7. The van der Waals surface area contributed by atoms with Crippen LogP contribution in [0, 0.1) is 11.3 Å². The first-order chi connectivity index (χ1) is 7.32. The third-order valence-corrected chi connectivity index (χ3v) is 4.27. The predicted octanol–water partition coefficient (Wildman–Crippen LogP) is 1.34. The molecular formula is C12H20BN2O. The Balaban J connectivity index is 1.96. The normalized spacial score (nSPS) is 25.6. The standard InChI is InChI=1S/C12H20BN2O/c1-11(2,12(3,4)16)9-5-10(9)13-8-6-14-15-7-8/h6-7,9-10,16H,5H2,1-4H3,(H,14,15). The molecule has 0 spiro atoms.